The van der Waals surface area contributed by atoms with Crippen molar-refractivity contribution in [1.29, 1.82) is 0 Å². The van der Waals surface area contributed by atoms with Gasteiger partial charge in [-0.05, 0) is 50.2 Å². The highest BCUT2D eigenvalue weighted by Crippen LogP contribution is 2.42. The first-order valence-corrected chi connectivity index (χ1v) is 8.41. The quantitative estimate of drug-likeness (QED) is 0.928. The van der Waals surface area contributed by atoms with E-state index < -0.39 is 0 Å². The molecule has 22 heavy (non-hydrogen) atoms. The largest absolute Gasteiger partial charge is 0.357 e. The van der Waals surface area contributed by atoms with Gasteiger partial charge >= 0.3 is 0 Å². The highest BCUT2D eigenvalue weighted by molar-refractivity contribution is 5.92. The Balaban J connectivity index is 1.44. The van der Waals surface area contributed by atoms with Crippen LogP contribution in [0, 0.1) is 5.92 Å². The van der Waals surface area contributed by atoms with Crippen molar-refractivity contribution in [3.05, 3.63) is 24.0 Å². The standard InChI is InChI=1S/C17H23N3O2/c21-15-5-6-17(20(15)12-13-3-4-13)7-10-19(11-8-17)16(22)14-2-1-9-18-14/h1-2,9,13,18H,3-8,10-12H2. The zero-order valence-corrected chi connectivity index (χ0v) is 12.9. The molecule has 0 bridgehead atoms. The Kier molecular flexibility index (Phi) is 3.24. The normalized spacial score (nSPS) is 24.3. The van der Waals surface area contributed by atoms with E-state index in [1.54, 1.807) is 6.20 Å². The van der Waals surface area contributed by atoms with E-state index in [4.69, 9.17) is 0 Å². The van der Waals surface area contributed by atoms with Gasteiger partial charge in [0.2, 0.25) is 5.91 Å². The molecule has 118 valence electrons. The molecular weight excluding hydrogens is 278 g/mol. The van der Waals surface area contributed by atoms with Gasteiger partial charge in [0.15, 0.2) is 0 Å². The number of rotatable bonds is 3. The van der Waals surface area contributed by atoms with Gasteiger partial charge in [-0.2, -0.15) is 0 Å². The number of likely N-dealkylation sites (tertiary alicyclic amines) is 2. The van der Waals surface area contributed by atoms with Gasteiger partial charge in [0, 0.05) is 37.8 Å². The zero-order chi connectivity index (χ0) is 15.2. The minimum atomic E-state index is 0.0339. The summed E-state index contributed by atoms with van der Waals surface area (Å²) in [6.45, 7) is 2.46. The number of carbonyl (C=O) groups is 2. The molecule has 1 aromatic rings. The van der Waals surface area contributed by atoms with Crippen molar-refractivity contribution in [1.82, 2.24) is 14.8 Å². The first kappa shape index (κ1) is 13.9. The van der Waals surface area contributed by atoms with Gasteiger partial charge in [0.25, 0.3) is 5.91 Å². The number of nitrogens with one attached hydrogen (secondary N) is 1. The smallest absolute Gasteiger partial charge is 0.270 e. The van der Waals surface area contributed by atoms with Crippen LogP contribution in [0.2, 0.25) is 0 Å². The van der Waals surface area contributed by atoms with Crippen LogP contribution in [-0.4, -0.2) is 51.8 Å². The van der Waals surface area contributed by atoms with Crippen molar-refractivity contribution < 1.29 is 9.59 Å². The summed E-state index contributed by atoms with van der Waals surface area (Å²) in [6.07, 6.45) is 7.86. The molecule has 0 atom stereocenters. The zero-order valence-electron chi connectivity index (χ0n) is 12.9. The summed E-state index contributed by atoms with van der Waals surface area (Å²) in [5, 5.41) is 0. The molecule has 4 rings (SSSR count). The van der Waals surface area contributed by atoms with Crippen molar-refractivity contribution in [2.75, 3.05) is 19.6 Å². The van der Waals surface area contributed by atoms with Crippen molar-refractivity contribution >= 4 is 11.8 Å². The summed E-state index contributed by atoms with van der Waals surface area (Å²) in [5.74, 6) is 1.14. The average molecular weight is 301 g/mol. The molecule has 1 aromatic heterocycles. The maximum Gasteiger partial charge on any atom is 0.270 e. The summed E-state index contributed by atoms with van der Waals surface area (Å²) in [4.78, 5) is 31.7. The van der Waals surface area contributed by atoms with Crippen LogP contribution in [0.1, 0.15) is 49.0 Å². The molecule has 0 unspecified atom stereocenters. The number of aromatic nitrogens is 1. The first-order chi connectivity index (χ1) is 10.7. The summed E-state index contributed by atoms with van der Waals surface area (Å²) >= 11 is 0. The molecule has 5 nitrogen and oxygen atoms in total. The lowest BCUT2D eigenvalue weighted by Crippen LogP contribution is -2.54. The molecule has 0 aromatic carbocycles. The Bertz CT molecular complexity index is 569. The number of aromatic amines is 1. The topological polar surface area (TPSA) is 56.4 Å². The lowest BCUT2D eigenvalue weighted by atomic mass is 9.84. The summed E-state index contributed by atoms with van der Waals surface area (Å²) in [7, 11) is 0. The Hall–Kier alpha value is -1.78. The van der Waals surface area contributed by atoms with E-state index in [9.17, 15) is 9.59 Å². The number of amides is 2. The second kappa shape index (κ2) is 5.14. The van der Waals surface area contributed by atoms with Crippen molar-refractivity contribution in [3.8, 4) is 0 Å². The van der Waals surface area contributed by atoms with E-state index in [1.807, 2.05) is 17.0 Å². The molecule has 2 saturated heterocycles. The monoisotopic (exact) mass is 301 g/mol. The van der Waals surface area contributed by atoms with Gasteiger partial charge < -0.3 is 14.8 Å². The van der Waals surface area contributed by atoms with Crippen molar-refractivity contribution in [2.24, 2.45) is 5.92 Å². The fraction of sp³-hybridized carbons (Fsp3) is 0.647. The molecule has 3 heterocycles. The van der Waals surface area contributed by atoms with E-state index in [0.717, 1.165) is 44.8 Å². The van der Waals surface area contributed by atoms with Crippen LogP contribution in [0.15, 0.2) is 18.3 Å². The Morgan fingerprint density at radius 3 is 2.68 bits per heavy atom. The Morgan fingerprint density at radius 1 is 1.27 bits per heavy atom. The summed E-state index contributed by atoms with van der Waals surface area (Å²) in [5.41, 5.74) is 0.694. The maximum absolute atomic E-state index is 12.4. The van der Waals surface area contributed by atoms with Gasteiger partial charge in [-0.3, -0.25) is 9.59 Å². The second-order valence-corrected chi connectivity index (χ2v) is 7.05. The number of hydrogen-bond acceptors (Lipinski definition) is 2. The van der Waals surface area contributed by atoms with Crippen LogP contribution < -0.4 is 0 Å². The van der Waals surface area contributed by atoms with E-state index in [2.05, 4.69) is 9.88 Å². The molecule has 2 aliphatic heterocycles. The van der Waals surface area contributed by atoms with Crippen LogP contribution in [-0.2, 0) is 4.79 Å². The van der Waals surface area contributed by atoms with E-state index in [-0.39, 0.29) is 11.4 Å². The van der Waals surface area contributed by atoms with Crippen LogP contribution in [0.4, 0.5) is 0 Å². The van der Waals surface area contributed by atoms with E-state index in [1.165, 1.54) is 12.8 Å². The minimum Gasteiger partial charge on any atom is -0.357 e. The number of nitrogens with zero attached hydrogens (tertiary/aromatic N) is 2. The van der Waals surface area contributed by atoms with Gasteiger partial charge in [-0.15, -0.1) is 0 Å². The number of hydrogen-bond donors (Lipinski definition) is 1. The van der Waals surface area contributed by atoms with Gasteiger partial charge in [0.05, 0.1) is 0 Å². The molecule has 1 saturated carbocycles. The van der Waals surface area contributed by atoms with Gasteiger partial charge in [0.1, 0.15) is 5.69 Å². The first-order valence-electron chi connectivity index (χ1n) is 8.41. The highest BCUT2D eigenvalue weighted by Gasteiger charge is 2.48. The lowest BCUT2D eigenvalue weighted by Gasteiger charge is -2.45. The highest BCUT2D eigenvalue weighted by atomic mass is 16.2. The SMILES string of the molecule is O=C(c1ccc[nH]1)N1CCC2(CCC(=O)N2CC2CC2)CC1. The fourth-order valence-corrected chi connectivity index (χ4v) is 4.01. The molecule has 0 radical (unpaired) electrons. The van der Waals surface area contributed by atoms with Crippen LogP contribution in [0.5, 0.6) is 0 Å². The maximum atomic E-state index is 12.4. The van der Waals surface area contributed by atoms with E-state index >= 15 is 0 Å². The number of H-pyrrole nitrogens is 1. The predicted octanol–water partition coefficient (Wildman–Crippen LogP) is 2.02. The van der Waals surface area contributed by atoms with Crippen LogP contribution >= 0.6 is 0 Å². The van der Waals surface area contributed by atoms with Crippen molar-refractivity contribution in [3.63, 3.8) is 0 Å². The van der Waals surface area contributed by atoms with Gasteiger partial charge in [-0.1, -0.05) is 0 Å². The van der Waals surface area contributed by atoms with Crippen LogP contribution in [0.3, 0.4) is 0 Å². The predicted molar refractivity (Wildman–Crippen MR) is 82.3 cm³/mol. The van der Waals surface area contributed by atoms with Crippen LogP contribution in [0.25, 0.3) is 0 Å². The second-order valence-electron chi connectivity index (χ2n) is 7.05. The average Bonchev–Trinajstić information content (AvgIpc) is 3.10. The molecule has 5 heteroatoms. The Labute approximate surface area is 130 Å². The lowest BCUT2D eigenvalue weighted by molar-refractivity contribution is -0.132. The molecular formula is C17H23N3O2. The van der Waals surface area contributed by atoms with E-state index in [0.29, 0.717) is 18.0 Å². The summed E-state index contributed by atoms with van der Waals surface area (Å²) in [6, 6.07) is 3.68. The molecule has 3 fully saturated rings. The molecule has 2 amide bonds. The number of carbonyl (C=O) groups excluding carboxylic acids is 2. The minimum absolute atomic E-state index is 0.0339. The third-order valence-corrected chi connectivity index (χ3v) is 5.63. The summed E-state index contributed by atoms with van der Waals surface area (Å²) < 4.78 is 0. The molecule has 3 aliphatic rings. The Morgan fingerprint density at radius 2 is 2.05 bits per heavy atom. The third kappa shape index (κ3) is 2.32. The molecule has 1 aliphatic carbocycles. The third-order valence-electron chi connectivity index (χ3n) is 5.63. The molecule has 1 N–H and O–H groups in total. The van der Waals surface area contributed by atoms with Gasteiger partial charge in [-0.25, -0.2) is 0 Å². The fourth-order valence-electron chi connectivity index (χ4n) is 4.01. The van der Waals surface area contributed by atoms with Crippen molar-refractivity contribution in [2.45, 2.75) is 44.1 Å². The molecule has 1 spiro atoms. The number of piperidine rings is 1.